The van der Waals surface area contributed by atoms with Crippen LogP contribution in [0.15, 0.2) is 8.95 Å². The fraction of sp³-hybridized carbons (Fsp3) is 0.385. The van der Waals surface area contributed by atoms with Gasteiger partial charge in [0.1, 0.15) is 5.82 Å². The predicted molar refractivity (Wildman–Crippen MR) is 87.9 cm³/mol. The minimum Gasteiger partial charge on any atom is -0.359 e. The molecule has 2 aromatic rings. The van der Waals surface area contributed by atoms with E-state index in [1.54, 1.807) is 5.48 Å². The first-order valence-electron chi connectivity index (χ1n) is 6.44. The molecule has 21 heavy (non-hydrogen) atoms. The number of anilines is 1. The van der Waals surface area contributed by atoms with Crippen molar-refractivity contribution in [2.45, 2.75) is 27.2 Å². The Morgan fingerprint density at radius 2 is 2.00 bits per heavy atom. The molecule has 0 aliphatic heterocycles. The normalized spacial score (nSPS) is 11.0. The van der Waals surface area contributed by atoms with Crippen LogP contribution < -0.4 is 10.8 Å². The number of hydrogen-bond acceptors (Lipinski definition) is 4. The van der Waals surface area contributed by atoms with Crippen LogP contribution in [0, 0.1) is 13.8 Å². The molecule has 2 heterocycles. The number of carbonyl (C=O) groups excluding carboxylic acids is 1. The molecule has 0 saturated heterocycles. The molecule has 0 fully saturated rings. The summed E-state index contributed by atoms with van der Waals surface area (Å²) in [7, 11) is 0. The zero-order chi connectivity index (χ0) is 15.7. The van der Waals surface area contributed by atoms with E-state index in [9.17, 15) is 4.79 Å². The van der Waals surface area contributed by atoms with Crippen LogP contribution >= 0.6 is 31.9 Å². The van der Waals surface area contributed by atoms with Gasteiger partial charge in [-0.2, -0.15) is 0 Å². The number of pyridine rings is 1. The van der Waals surface area contributed by atoms with Crippen LogP contribution in [0.25, 0.3) is 5.65 Å². The Bertz CT molecular complexity index is 712. The third kappa shape index (κ3) is 2.79. The quantitative estimate of drug-likeness (QED) is 0.525. The second-order valence-corrected chi connectivity index (χ2v) is 6.23. The fourth-order valence-corrected chi connectivity index (χ4v) is 3.37. The van der Waals surface area contributed by atoms with Gasteiger partial charge in [0.05, 0.1) is 16.7 Å². The van der Waals surface area contributed by atoms with Gasteiger partial charge < -0.3 is 5.32 Å². The summed E-state index contributed by atoms with van der Waals surface area (Å²) in [5, 5.41) is 11.5. The molecule has 0 saturated carbocycles. The van der Waals surface area contributed by atoms with Gasteiger partial charge in [0, 0.05) is 10.2 Å². The molecule has 0 radical (unpaired) electrons. The van der Waals surface area contributed by atoms with E-state index in [1.807, 2.05) is 20.8 Å². The zero-order valence-corrected chi connectivity index (χ0v) is 15.1. The van der Waals surface area contributed by atoms with Crippen LogP contribution in [0.2, 0.25) is 0 Å². The Balaban J connectivity index is 2.61. The first kappa shape index (κ1) is 16.3. The van der Waals surface area contributed by atoms with Crippen molar-refractivity contribution in [2.75, 3.05) is 11.9 Å². The number of halogens is 2. The van der Waals surface area contributed by atoms with Gasteiger partial charge in [-0.3, -0.25) is 14.4 Å². The maximum atomic E-state index is 11.2. The molecule has 8 heteroatoms. The summed E-state index contributed by atoms with van der Waals surface area (Å²) in [6, 6.07) is 0. The van der Waals surface area contributed by atoms with E-state index in [4.69, 9.17) is 5.21 Å². The van der Waals surface area contributed by atoms with Crippen molar-refractivity contribution >= 4 is 49.2 Å². The van der Waals surface area contributed by atoms with Crippen LogP contribution in [-0.2, 0) is 11.2 Å². The van der Waals surface area contributed by atoms with Crippen LogP contribution in [0.5, 0.6) is 0 Å². The number of hydrogen-bond donors (Lipinski definition) is 3. The molecule has 2 aromatic heterocycles. The Hall–Kier alpha value is -1.12. The predicted octanol–water partition coefficient (Wildman–Crippen LogP) is 2.96. The van der Waals surface area contributed by atoms with Gasteiger partial charge in [-0.05, 0) is 57.7 Å². The summed E-state index contributed by atoms with van der Waals surface area (Å²) >= 11 is 7.18. The lowest BCUT2D eigenvalue weighted by atomic mass is 10.2. The van der Waals surface area contributed by atoms with E-state index in [0.29, 0.717) is 5.82 Å². The van der Waals surface area contributed by atoms with Gasteiger partial charge in [0.25, 0.3) is 5.91 Å². The van der Waals surface area contributed by atoms with E-state index in [1.165, 1.54) is 0 Å². The third-order valence-corrected chi connectivity index (χ3v) is 5.47. The molecular weight excluding hydrogens is 404 g/mol. The highest BCUT2D eigenvalue weighted by molar-refractivity contribution is 9.11. The standard InChI is InChI=1S/C13H16Br2N4O2/c1-4-8-12(16-5-9(20)18-21)17-13-11(15)6(2)10(14)7(3)19(8)13/h16,21H,4-5H2,1-3H3,(H,18,20). The van der Waals surface area contributed by atoms with Crippen LogP contribution in [0.1, 0.15) is 23.9 Å². The van der Waals surface area contributed by atoms with Gasteiger partial charge >= 0.3 is 0 Å². The maximum Gasteiger partial charge on any atom is 0.262 e. The number of rotatable bonds is 4. The summed E-state index contributed by atoms with van der Waals surface area (Å²) in [5.41, 5.74) is 5.51. The molecule has 0 unspecified atom stereocenters. The molecule has 0 bridgehead atoms. The number of amides is 1. The molecule has 0 atom stereocenters. The van der Waals surface area contributed by atoms with Crippen molar-refractivity contribution in [3.8, 4) is 0 Å². The van der Waals surface area contributed by atoms with Crippen LogP contribution in [-0.4, -0.2) is 27.0 Å². The molecule has 0 aromatic carbocycles. The number of aromatic nitrogens is 2. The van der Waals surface area contributed by atoms with Gasteiger partial charge in [-0.15, -0.1) is 0 Å². The topological polar surface area (TPSA) is 78.7 Å². The Morgan fingerprint density at radius 1 is 1.33 bits per heavy atom. The summed E-state index contributed by atoms with van der Waals surface area (Å²) in [6.45, 7) is 6.02. The first-order chi connectivity index (χ1) is 9.92. The molecule has 0 spiro atoms. The number of imidazole rings is 1. The molecule has 6 nitrogen and oxygen atoms in total. The second-order valence-electron chi connectivity index (χ2n) is 4.65. The Kier molecular flexibility index (Phi) is 4.90. The molecule has 3 N–H and O–H groups in total. The molecular formula is C13H16Br2N4O2. The van der Waals surface area contributed by atoms with Crippen molar-refractivity contribution in [3.05, 3.63) is 25.9 Å². The highest BCUT2D eigenvalue weighted by Gasteiger charge is 2.19. The lowest BCUT2D eigenvalue weighted by Gasteiger charge is -2.11. The Morgan fingerprint density at radius 3 is 2.57 bits per heavy atom. The SMILES string of the molecule is CCc1c(NCC(=O)NO)nc2c(Br)c(C)c(Br)c(C)n12. The first-order valence-corrected chi connectivity index (χ1v) is 8.03. The minimum atomic E-state index is -0.512. The van der Waals surface area contributed by atoms with Gasteiger partial charge in [-0.1, -0.05) is 6.92 Å². The number of nitrogens with one attached hydrogen (secondary N) is 2. The van der Waals surface area contributed by atoms with E-state index in [2.05, 4.69) is 46.6 Å². The molecule has 0 aliphatic carbocycles. The van der Waals surface area contributed by atoms with E-state index >= 15 is 0 Å². The van der Waals surface area contributed by atoms with Gasteiger partial charge in [0.15, 0.2) is 5.65 Å². The summed E-state index contributed by atoms with van der Waals surface area (Å²) in [5.74, 6) is 0.129. The zero-order valence-electron chi connectivity index (χ0n) is 11.9. The van der Waals surface area contributed by atoms with E-state index in [-0.39, 0.29) is 6.54 Å². The number of aryl methyl sites for hydroxylation is 2. The highest BCUT2D eigenvalue weighted by Crippen LogP contribution is 2.34. The smallest absolute Gasteiger partial charge is 0.262 e. The Labute approximate surface area is 139 Å². The number of nitrogens with zero attached hydrogens (tertiary/aromatic N) is 2. The van der Waals surface area contributed by atoms with Gasteiger partial charge in [0.2, 0.25) is 0 Å². The van der Waals surface area contributed by atoms with Crippen molar-refractivity contribution in [1.29, 1.82) is 0 Å². The van der Waals surface area contributed by atoms with Crippen molar-refractivity contribution in [2.24, 2.45) is 0 Å². The largest absolute Gasteiger partial charge is 0.359 e. The average Bonchev–Trinajstić information content (AvgIpc) is 2.86. The van der Waals surface area contributed by atoms with Crippen LogP contribution in [0.4, 0.5) is 5.82 Å². The lowest BCUT2D eigenvalue weighted by Crippen LogP contribution is -2.27. The summed E-state index contributed by atoms with van der Waals surface area (Å²) in [6.07, 6.45) is 0.757. The van der Waals surface area contributed by atoms with E-state index in [0.717, 1.165) is 38.0 Å². The van der Waals surface area contributed by atoms with Crippen molar-refractivity contribution < 1.29 is 10.0 Å². The van der Waals surface area contributed by atoms with E-state index < -0.39 is 5.91 Å². The van der Waals surface area contributed by atoms with Crippen molar-refractivity contribution in [1.82, 2.24) is 14.9 Å². The molecule has 114 valence electrons. The minimum absolute atomic E-state index is 0.0375. The average molecular weight is 420 g/mol. The lowest BCUT2D eigenvalue weighted by molar-refractivity contribution is -0.127. The highest BCUT2D eigenvalue weighted by atomic mass is 79.9. The fourth-order valence-electron chi connectivity index (χ4n) is 2.27. The number of fused-ring (bicyclic) bond motifs is 1. The number of hydroxylamine groups is 1. The summed E-state index contributed by atoms with van der Waals surface area (Å²) < 4.78 is 3.99. The monoisotopic (exact) mass is 418 g/mol. The number of carbonyl (C=O) groups is 1. The third-order valence-electron chi connectivity index (χ3n) is 3.36. The molecule has 0 aliphatic rings. The maximum absolute atomic E-state index is 11.2. The molecule has 1 amide bonds. The van der Waals surface area contributed by atoms with Crippen LogP contribution in [0.3, 0.4) is 0 Å². The van der Waals surface area contributed by atoms with Gasteiger partial charge in [-0.25, -0.2) is 10.5 Å². The molecule has 2 rings (SSSR count). The second kappa shape index (κ2) is 6.33. The summed E-state index contributed by atoms with van der Waals surface area (Å²) in [4.78, 5) is 15.7. The van der Waals surface area contributed by atoms with Crippen molar-refractivity contribution in [3.63, 3.8) is 0 Å².